The molecule has 1 unspecified atom stereocenters. The molecule has 1 rings (SSSR count). The van der Waals surface area contributed by atoms with E-state index in [4.69, 9.17) is 0 Å². The van der Waals surface area contributed by atoms with Crippen LogP contribution in [-0.4, -0.2) is 43.4 Å². The first-order chi connectivity index (χ1) is 7.99. The summed E-state index contributed by atoms with van der Waals surface area (Å²) in [7, 11) is 2.11. The Morgan fingerprint density at radius 3 is 2.29 bits per heavy atom. The smallest absolute Gasteiger partial charge is 0.381 e. The zero-order valence-electron chi connectivity index (χ0n) is 9.19. The summed E-state index contributed by atoms with van der Waals surface area (Å²) in [5.74, 6) is -4.59. The van der Waals surface area contributed by atoms with Crippen LogP contribution in [0.15, 0.2) is 0 Å². The lowest BCUT2D eigenvalue weighted by Gasteiger charge is -2.05. The van der Waals surface area contributed by atoms with E-state index in [9.17, 15) is 24.5 Å². The highest BCUT2D eigenvalue weighted by molar-refractivity contribution is 5.86. The topological polar surface area (TPSA) is 113 Å². The SMILES string of the molecule is COC(=O)C([C@H]1[C@@H](C=O)[C@@H]1C(=O)OC)[N+](=O)[O-]. The van der Waals surface area contributed by atoms with E-state index in [1.165, 1.54) is 0 Å². The maximum Gasteiger partial charge on any atom is 0.381 e. The van der Waals surface area contributed by atoms with Crippen molar-refractivity contribution in [2.45, 2.75) is 6.04 Å². The van der Waals surface area contributed by atoms with E-state index >= 15 is 0 Å². The molecule has 4 atom stereocenters. The molecule has 0 aromatic rings. The minimum absolute atomic E-state index is 0.422. The van der Waals surface area contributed by atoms with Gasteiger partial charge in [-0.1, -0.05) is 0 Å². The summed E-state index contributed by atoms with van der Waals surface area (Å²) >= 11 is 0. The molecule has 1 aliphatic carbocycles. The Hall–Kier alpha value is -1.99. The third-order valence-corrected chi connectivity index (χ3v) is 2.80. The lowest BCUT2D eigenvalue weighted by molar-refractivity contribution is -0.515. The fourth-order valence-corrected chi connectivity index (χ4v) is 1.90. The van der Waals surface area contributed by atoms with Crippen molar-refractivity contribution in [1.29, 1.82) is 0 Å². The maximum absolute atomic E-state index is 11.2. The van der Waals surface area contributed by atoms with Crippen LogP contribution < -0.4 is 0 Å². The molecule has 0 saturated heterocycles. The van der Waals surface area contributed by atoms with Crippen LogP contribution in [-0.2, 0) is 23.9 Å². The second-order valence-corrected chi connectivity index (χ2v) is 3.59. The lowest BCUT2D eigenvalue weighted by atomic mass is 10.1. The van der Waals surface area contributed by atoms with E-state index in [1.54, 1.807) is 0 Å². The van der Waals surface area contributed by atoms with Gasteiger partial charge in [0.2, 0.25) is 0 Å². The lowest BCUT2D eigenvalue weighted by Crippen LogP contribution is -2.34. The molecule has 0 aliphatic heterocycles. The van der Waals surface area contributed by atoms with Gasteiger partial charge < -0.3 is 14.3 Å². The van der Waals surface area contributed by atoms with Gasteiger partial charge in [-0.25, -0.2) is 4.79 Å². The van der Waals surface area contributed by atoms with Crippen molar-refractivity contribution >= 4 is 18.2 Å². The number of carbonyl (C=O) groups is 3. The Kier molecular flexibility index (Phi) is 3.77. The Morgan fingerprint density at radius 2 is 1.94 bits per heavy atom. The quantitative estimate of drug-likeness (QED) is 0.265. The number of ether oxygens (including phenoxy) is 2. The van der Waals surface area contributed by atoms with E-state index in [2.05, 4.69) is 9.47 Å². The Labute approximate surface area is 96.0 Å². The number of hydrogen-bond acceptors (Lipinski definition) is 7. The predicted molar refractivity (Wildman–Crippen MR) is 51.3 cm³/mol. The second kappa shape index (κ2) is 4.89. The molecule has 0 heterocycles. The number of nitrogens with zero attached hydrogens (tertiary/aromatic N) is 1. The largest absolute Gasteiger partial charge is 0.469 e. The van der Waals surface area contributed by atoms with Crippen LogP contribution >= 0.6 is 0 Å². The fraction of sp³-hybridized carbons (Fsp3) is 0.667. The van der Waals surface area contributed by atoms with Gasteiger partial charge in [0.1, 0.15) is 6.29 Å². The van der Waals surface area contributed by atoms with Crippen molar-refractivity contribution in [2.24, 2.45) is 17.8 Å². The Morgan fingerprint density at radius 1 is 1.35 bits per heavy atom. The minimum atomic E-state index is -1.71. The molecular weight excluding hydrogens is 234 g/mol. The van der Waals surface area contributed by atoms with Crippen molar-refractivity contribution in [2.75, 3.05) is 14.2 Å². The molecule has 1 fully saturated rings. The minimum Gasteiger partial charge on any atom is -0.469 e. The van der Waals surface area contributed by atoms with Gasteiger partial charge in [-0.2, -0.15) is 0 Å². The third-order valence-electron chi connectivity index (χ3n) is 2.80. The van der Waals surface area contributed by atoms with E-state index < -0.39 is 40.7 Å². The van der Waals surface area contributed by atoms with Crippen LogP contribution in [0.2, 0.25) is 0 Å². The van der Waals surface area contributed by atoms with E-state index in [0.717, 1.165) is 14.2 Å². The molecule has 0 N–H and O–H groups in total. The summed E-state index contributed by atoms with van der Waals surface area (Å²) in [6.07, 6.45) is 0.422. The first kappa shape index (κ1) is 13.1. The summed E-state index contributed by atoms with van der Waals surface area (Å²) in [6.45, 7) is 0. The van der Waals surface area contributed by atoms with Crippen LogP contribution in [0.4, 0.5) is 0 Å². The maximum atomic E-state index is 11.2. The summed E-state index contributed by atoms with van der Waals surface area (Å²) < 4.78 is 8.69. The average molecular weight is 245 g/mol. The number of methoxy groups -OCH3 is 2. The van der Waals surface area contributed by atoms with Crippen LogP contribution in [0.25, 0.3) is 0 Å². The number of carbonyl (C=O) groups excluding carboxylic acids is 3. The third kappa shape index (κ3) is 2.24. The number of aldehydes is 1. The molecule has 94 valence electrons. The predicted octanol–water partition coefficient (Wildman–Crippen LogP) is -0.961. The first-order valence-electron chi connectivity index (χ1n) is 4.74. The number of rotatable bonds is 5. The zero-order chi connectivity index (χ0) is 13.2. The van der Waals surface area contributed by atoms with E-state index in [0.29, 0.717) is 6.29 Å². The molecule has 1 aliphatic rings. The van der Waals surface area contributed by atoms with Gasteiger partial charge in [0.25, 0.3) is 0 Å². The standard InChI is InChI=1S/C9H11NO7/c1-16-8(12)6-4(3-11)5(6)7(10(14)15)9(13)17-2/h3-7H,1-2H3/t4-,5+,6+,7?/m1/s1. The van der Waals surface area contributed by atoms with Crippen molar-refractivity contribution < 1.29 is 28.8 Å². The van der Waals surface area contributed by atoms with Crippen LogP contribution in [0, 0.1) is 27.9 Å². The van der Waals surface area contributed by atoms with E-state index in [-0.39, 0.29) is 0 Å². The number of hydrogen-bond donors (Lipinski definition) is 0. The highest BCUT2D eigenvalue weighted by atomic mass is 16.6. The van der Waals surface area contributed by atoms with Crippen LogP contribution in [0.5, 0.6) is 0 Å². The van der Waals surface area contributed by atoms with E-state index in [1.807, 2.05) is 0 Å². The molecule has 0 bridgehead atoms. The first-order valence-corrected chi connectivity index (χ1v) is 4.74. The molecule has 0 amide bonds. The summed E-state index contributed by atoms with van der Waals surface area (Å²) in [4.78, 5) is 43.0. The van der Waals surface area contributed by atoms with Gasteiger partial charge in [0.05, 0.1) is 26.1 Å². The van der Waals surface area contributed by atoms with Crippen LogP contribution in [0.3, 0.4) is 0 Å². The Balaban J connectivity index is 2.90. The molecule has 8 heteroatoms. The molecule has 0 spiro atoms. The molecule has 0 radical (unpaired) electrons. The van der Waals surface area contributed by atoms with Crippen molar-refractivity contribution in [3.8, 4) is 0 Å². The van der Waals surface area contributed by atoms with Gasteiger partial charge in [-0.15, -0.1) is 0 Å². The van der Waals surface area contributed by atoms with Gasteiger partial charge in [-0.05, 0) is 0 Å². The van der Waals surface area contributed by atoms with Crippen molar-refractivity contribution in [1.82, 2.24) is 0 Å². The molecular formula is C9H11NO7. The molecule has 8 nitrogen and oxygen atoms in total. The van der Waals surface area contributed by atoms with Crippen LogP contribution in [0.1, 0.15) is 0 Å². The molecule has 17 heavy (non-hydrogen) atoms. The number of esters is 2. The average Bonchev–Trinajstić information content (AvgIpc) is 3.01. The molecule has 0 aromatic heterocycles. The normalized spacial score (nSPS) is 27.8. The monoisotopic (exact) mass is 245 g/mol. The van der Waals surface area contributed by atoms with Gasteiger partial charge in [0, 0.05) is 10.8 Å². The summed E-state index contributed by atoms with van der Waals surface area (Å²) in [6, 6.07) is -1.71. The number of nitro groups is 1. The van der Waals surface area contributed by atoms with Gasteiger partial charge >= 0.3 is 18.0 Å². The summed E-state index contributed by atoms with van der Waals surface area (Å²) in [5.41, 5.74) is 0. The zero-order valence-corrected chi connectivity index (χ0v) is 9.19. The van der Waals surface area contributed by atoms with Gasteiger partial charge in [0.15, 0.2) is 0 Å². The fourth-order valence-electron chi connectivity index (χ4n) is 1.90. The highest BCUT2D eigenvalue weighted by Crippen LogP contribution is 2.48. The van der Waals surface area contributed by atoms with Crippen molar-refractivity contribution in [3.05, 3.63) is 10.1 Å². The van der Waals surface area contributed by atoms with Crippen molar-refractivity contribution in [3.63, 3.8) is 0 Å². The molecule has 0 aromatic carbocycles. The van der Waals surface area contributed by atoms with Gasteiger partial charge in [-0.3, -0.25) is 14.9 Å². The molecule has 1 saturated carbocycles. The Bertz CT molecular complexity index is 366. The summed E-state index contributed by atoms with van der Waals surface area (Å²) in [5, 5.41) is 10.7. The highest BCUT2D eigenvalue weighted by Gasteiger charge is 2.66. The second-order valence-electron chi connectivity index (χ2n) is 3.59.